The summed E-state index contributed by atoms with van der Waals surface area (Å²) in [6.45, 7) is 0. The highest BCUT2D eigenvalue weighted by atomic mass is 16.5. The number of esters is 1. The monoisotopic (exact) mass is 296 g/mol. The molecule has 22 heavy (non-hydrogen) atoms. The van der Waals surface area contributed by atoms with E-state index >= 15 is 0 Å². The zero-order valence-corrected chi connectivity index (χ0v) is 12.4. The Bertz CT molecular complexity index is 824. The Morgan fingerprint density at radius 3 is 2.77 bits per heavy atom. The largest absolute Gasteiger partial charge is 0.497 e. The average molecular weight is 296 g/mol. The highest BCUT2D eigenvalue weighted by Gasteiger charge is 2.14. The molecule has 0 amide bonds. The first-order valence-electron chi connectivity index (χ1n) is 6.89. The van der Waals surface area contributed by atoms with Crippen LogP contribution in [-0.4, -0.2) is 29.6 Å². The summed E-state index contributed by atoms with van der Waals surface area (Å²) in [5.74, 6) is 1.20. The predicted molar refractivity (Wildman–Crippen MR) is 82.3 cm³/mol. The van der Waals surface area contributed by atoms with Crippen LogP contribution in [0.5, 0.6) is 5.75 Å². The molecule has 0 radical (unpaired) electrons. The molecule has 5 nitrogen and oxygen atoms in total. The van der Waals surface area contributed by atoms with E-state index in [-0.39, 0.29) is 5.97 Å². The van der Waals surface area contributed by atoms with E-state index in [1.807, 2.05) is 40.8 Å². The molecule has 5 heteroatoms. The fourth-order valence-electron chi connectivity index (χ4n) is 2.47. The van der Waals surface area contributed by atoms with Crippen molar-refractivity contribution < 1.29 is 14.3 Å². The van der Waals surface area contributed by atoms with E-state index < -0.39 is 0 Å². The van der Waals surface area contributed by atoms with Crippen LogP contribution in [0.2, 0.25) is 0 Å². The van der Waals surface area contributed by atoms with Crippen LogP contribution < -0.4 is 4.74 Å². The first-order valence-corrected chi connectivity index (χ1v) is 6.89. The zero-order chi connectivity index (χ0) is 15.5. The lowest BCUT2D eigenvalue weighted by molar-refractivity contribution is 0.0592. The van der Waals surface area contributed by atoms with Crippen molar-refractivity contribution in [2.45, 2.75) is 6.42 Å². The second-order valence-corrected chi connectivity index (χ2v) is 4.87. The molecule has 3 rings (SSSR count). The minimum absolute atomic E-state index is 0.379. The summed E-state index contributed by atoms with van der Waals surface area (Å²) in [4.78, 5) is 16.4. The number of hydrogen-bond acceptors (Lipinski definition) is 4. The SMILES string of the molecule is COC(=O)c1cccc2cnc(Cc3cccc(OC)c3)n12. The molecule has 0 aliphatic heterocycles. The predicted octanol–water partition coefficient (Wildman–Crippen LogP) is 2.72. The third-order valence-corrected chi connectivity index (χ3v) is 3.52. The van der Waals surface area contributed by atoms with Crippen LogP contribution in [0.15, 0.2) is 48.7 Å². The Morgan fingerprint density at radius 2 is 2.00 bits per heavy atom. The number of pyridine rings is 1. The number of benzene rings is 1. The van der Waals surface area contributed by atoms with Gasteiger partial charge >= 0.3 is 5.97 Å². The number of nitrogens with zero attached hydrogens (tertiary/aromatic N) is 2. The van der Waals surface area contributed by atoms with Crippen molar-refractivity contribution in [3.8, 4) is 5.75 Å². The van der Waals surface area contributed by atoms with Gasteiger partial charge in [-0.15, -0.1) is 0 Å². The zero-order valence-electron chi connectivity index (χ0n) is 12.4. The lowest BCUT2D eigenvalue weighted by Gasteiger charge is -2.08. The van der Waals surface area contributed by atoms with E-state index in [1.54, 1.807) is 19.4 Å². The van der Waals surface area contributed by atoms with Gasteiger partial charge < -0.3 is 9.47 Å². The summed E-state index contributed by atoms with van der Waals surface area (Å²) in [6.07, 6.45) is 2.35. The van der Waals surface area contributed by atoms with Crippen LogP contribution in [0.3, 0.4) is 0 Å². The molecule has 0 atom stereocenters. The van der Waals surface area contributed by atoms with Crippen LogP contribution in [-0.2, 0) is 11.2 Å². The Labute approximate surface area is 128 Å². The third-order valence-electron chi connectivity index (χ3n) is 3.52. The number of rotatable bonds is 4. The lowest BCUT2D eigenvalue weighted by atomic mass is 10.1. The third kappa shape index (κ3) is 2.53. The van der Waals surface area contributed by atoms with Crippen molar-refractivity contribution in [1.29, 1.82) is 0 Å². The molecule has 2 heterocycles. The molecule has 1 aromatic carbocycles. The number of carbonyl (C=O) groups excluding carboxylic acids is 1. The summed E-state index contributed by atoms with van der Waals surface area (Å²) in [7, 11) is 3.01. The van der Waals surface area contributed by atoms with Gasteiger partial charge in [0.2, 0.25) is 0 Å². The second kappa shape index (κ2) is 5.89. The number of imidazole rings is 1. The second-order valence-electron chi connectivity index (χ2n) is 4.87. The first kappa shape index (κ1) is 14.1. The van der Waals surface area contributed by atoms with Crippen molar-refractivity contribution in [1.82, 2.24) is 9.38 Å². The van der Waals surface area contributed by atoms with Gasteiger partial charge in [-0.1, -0.05) is 18.2 Å². The number of fused-ring (bicyclic) bond motifs is 1. The minimum atomic E-state index is -0.379. The summed E-state index contributed by atoms with van der Waals surface area (Å²) in [6, 6.07) is 13.3. The fourth-order valence-corrected chi connectivity index (χ4v) is 2.47. The Morgan fingerprint density at radius 1 is 1.18 bits per heavy atom. The van der Waals surface area contributed by atoms with E-state index in [2.05, 4.69) is 4.98 Å². The fraction of sp³-hybridized carbons (Fsp3) is 0.176. The van der Waals surface area contributed by atoms with Crippen LogP contribution in [0, 0.1) is 0 Å². The lowest BCUT2D eigenvalue weighted by Crippen LogP contribution is -2.10. The molecule has 0 aliphatic rings. The van der Waals surface area contributed by atoms with Crippen molar-refractivity contribution >= 4 is 11.5 Å². The molecule has 0 bridgehead atoms. The van der Waals surface area contributed by atoms with Gasteiger partial charge in [0.1, 0.15) is 17.3 Å². The van der Waals surface area contributed by atoms with Gasteiger partial charge in [0.25, 0.3) is 0 Å². The smallest absolute Gasteiger partial charge is 0.355 e. The van der Waals surface area contributed by atoms with Crippen LogP contribution in [0.4, 0.5) is 0 Å². The van der Waals surface area contributed by atoms with Gasteiger partial charge in [-0.2, -0.15) is 0 Å². The van der Waals surface area contributed by atoms with Gasteiger partial charge in [-0.05, 0) is 29.8 Å². The topological polar surface area (TPSA) is 52.8 Å². The molecule has 0 saturated heterocycles. The molecule has 0 N–H and O–H groups in total. The molecule has 0 unspecified atom stereocenters. The Kier molecular flexibility index (Phi) is 3.78. The van der Waals surface area contributed by atoms with E-state index in [9.17, 15) is 4.79 Å². The summed E-state index contributed by atoms with van der Waals surface area (Å²) in [5, 5.41) is 0. The number of ether oxygens (including phenoxy) is 2. The maximum absolute atomic E-state index is 11.9. The summed E-state index contributed by atoms with van der Waals surface area (Å²) in [5.41, 5.74) is 2.39. The van der Waals surface area contributed by atoms with E-state index in [1.165, 1.54) is 7.11 Å². The van der Waals surface area contributed by atoms with Gasteiger partial charge in [0.05, 0.1) is 25.9 Å². The van der Waals surface area contributed by atoms with Crippen LogP contribution >= 0.6 is 0 Å². The van der Waals surface area contributed by atoms with Gasteiger partial charge in [-0.25, -0.2) is 9.78 Å². The molecule has 0 saturated carbocycles. The number of hydrogen-bond donors (Lipinski definition) is 0. The van der Waals surface area contributed by atoms with Crippen molar-refractivity contribution in [2.24, 2.45) is 0 Å². The molecular weight excluding hydrogens is 280 g/mol. The molecule has 0 fully saturated rings. The van der Waals surface area contributed by atoms with Crippen molar-refractivity contribution in [2.75, 3.05) is 14.2 Å². The van der Waals surface area contributed by atoms with E-state index in [0.29, 0.717) is 12.1 Å². The number of carbonyl (C=O) groups is 1. The van der Waals surface area contributed by atoms with Crippen LogP contribution in [0.1, 0.15) is 21.9 Å². The van der Waals surface area contributed by atoms with E-state index in [0.717, 1.165) is 22.7 Å². The number of aromatic nitrogens is 2. The van der Waals surface area contributed by atoms with Crippen LogP contribution in [0.25, 0.3) is 5.52 Å². The molecule has 3 aromatic rings. The highest BCUT2D eigenvalue weighted by Crippen LogP contribution is 2.18. The average Bonchev–Trinajstić information content (AvgIpc) is 2.97. The molecular formula is C17H16N2O3. The van der Waals surface area contributed by atoms with Gasteiger partial charge in [0.15, 0.2) is 0 Å². The summed E-state index contributed by atoms with van der Waals surface area (Å²) < 4.78 is 11.9. The Hall–Kier alpha value is -2.82. The highest BCUT2D eigenvalue weighted by molar-refractivity contribution is 5.88. The normalized spacial score (nSPS) is 10.6. The standard InChI is InChI=1S/C17H16N2O3/c1-21-14-7-3-5-12(9-14)10-16-18-11-13-6-4-8-15(19(13)16)17(20)22-2/h3-9,11H,10H2,1-2H3. The van der Waals surface area contributed by atoms with E-state index in [4.69, 9.17) is 9.47 Å². The number of methoxy groups -OCH3 is 2. The molecule has 0 aliphatic carbocycles. The molecule has 112 valence electrons. The van der Waals surface area contributed by atoms with Crippen molar-refractivity contribution in [3.63, 3.8) is 0 Å². The van der Waals surface area contributed by atoms with Gasteiger partial charge in [0, 0.05) is 6.42 Å². The molecule has 2 aromatic heterocycles. The summed E-state index contributed by atoms with van der Waals surface area (Å²) >= 11 is 0. The maximum atomic E-state index is 11.9. The maximum Gasteiger partial charge on any atom is 0.355 e. The Balaban J connectivity index is 2.05. The quantitative estimate of drug-likeness (QED) is 0.695. The first-order chi connectivity index (χ1) is 10.7. The minimum Gasteiger partial charge on any atom is -0.497 e. The van der Waals surface area contributed by atoms with Gasteiger partial charge in [-0.3, -0.25) is 4.40 Å². The molecule has 0 spiro atoms. The van der Waals surface area contributed by atoms with Crippen molar-refractivity contribution in [3.05, 3.63) is 65.7 Å².